The molecule has 0 aromatic heterocycles. The number of nitrogens with zero attached hydrogens (tertiary/aromatic N) is 1. The Morgan fingerprint density at radius 3 is 2.30 bits per heavy atom. The molecule has 2 aromatic carbocycles. The minimum Gasteiger partial charge on any atom is -0.446 e. The highest BCUT2D eigenvalue weighted by Crippen LogP contribution is 2.39. The number of amides is 2. The van der Waals surface area contributed by atoms with Crippen LogP contribution in [0, 0.1) is 29.6 Å². The molecule has 0 unspecified atom stereocenters. The Morgan fingerprint density at radius 2 is 1.68 bits per heavy atom. The summed E-state index contributed by atoms with van der Waals surface area (Å²) in [6, 6.07) is 18.6. The molecule has 332 valence electrons. The summed E-state index contributed by atoms with van der Waals surface area (Å²) in [7, 11) is -0.588. The molecule has 4 rings (SSSR count). The van der Waals surface area contributed by atoms with Gasteiger partial charge in [-0.1, -0.05) is 140 Å². The van der Waals surface area contributed by atoms with Crippen LogP contribution in [-0.4, -0.2) is 93.2 Å². The molecule has 2 aliphatic heterocycles. The number of hydrogen-bond donors (Lipinski definition) is 1. The number of benzene rings is 2. The number of aliphatic hydroxyl groups is 1. The topological polar surface area (TPSA) is 122 Å². The zero-order chi connectivity index (χ0) is 44.3. The molecule has 2 aromatic rings. The lowest BCUT2D eigenvalue weighted by Gasteiger charge is -2.46. The van der Waals surface area contributed by atoms with Crippen LogP contribution in [0.2, 0.25) is 18.1 Å². The fourth-order valence-electron chi connectivity index (χ4n) is 7.31. The van der Waals surface area contributed by atoms with E-state index < -0.39 is 56.4 Å². The minimum absolute atomic E-state index is 0.0168. The Bertz CT molecular complexity index is 1740. The summed E-state index contributed by atoms with van der Waals surface area (Å²) in [6.07, 6.45) is 2.00. The fourth-order valence-corrected chi connectivity index (χ4v) is 8.53. The first-order valence-corrected chi connectivity index (χ1v) is 24.4. The van der Waals surface area contributed by atoms with Crippen molar-refractivity contribution in [2.45, 2.75) is 155 Å². The predicted molar refractivity (Wildman–Crippen MR) is 235 cm³/mol. The van der Waals surface area contributed by atoms with Crippen LogP contribution in [0.5, 0.6) is 0 Å². The molecule has 0 aliphatic carbocycles. The molecular formula is C48H71NO10Si. The number of carbonyl (C=O) groups excluding carboxylic acids is 2. The third-order valence-electron chi connectivity index (χ3n) is 12.0. The third-order valence-corrected chi connectivity index (χ3v) is 16.5. The first-order chi connectivity index (χ1) is 28.3. The van der Waals surface area contributed by atoms with E-state index in [9.17, 15) is 14.7 Å². The van der Waals surface area contributed by atoms with Crippen LogP contribution >= 0.6 is 0 Å². The SMILES string of the molecule is CCC[C@@H](C[C@@H](C#C[C@H]1OC(C)(C)O[C@H]([C@H](C)[C@H](/C=C/[C@H](O)[C@@H](C)C(=O)N2C(=O)OC[C@H]2c2ccccc2)OCc2ccccc2)[C@@H]1C)O[Si](C)(C)C(C)(C)C)OCOC. The van der Waals surface area contributed by atoms with Gasteiger partial charge in [0.15, 0.2) is 14.1 Å². The van der Waals surface area contributed by atoms with E-state index in [1.807, 2.05) is 74.5 Å². The number of carbonyl (C=O) groups is 2. The minimum atomic E-state index is -2.21. The third kappa shape index (κ3) is 13.6. The molecule has 2 fully saturated rings. The molecule has 10 atom stereocenters. The van der Waals surface area contributed by atoms with Crippen molar-refractivity contribution in [3.05, 3.63) is 83.9 Å². The average Bonchev–Trinajstić information content (AvgIpc) is 3.60. The standard InChI is InChI=1S/C48H71NO10Si/c1-13-20-38(56-32-53-10)29-39(59-60(11,12)47(5,6)7)25-27-43-35(4)44(58-48(8,9)57-43)34(3)42(54-30-36-21-16-14-17-22-36)28-26-41(50)33(2)45(51)49-40(31-55-46(49)52)37-23-18-15-19-24-37/h14-19,21-24,26,28,33-35,38-44,50H,13,20,29-32H2,1-12H3/b28-26+/t33-,34-,35-,38+,39-,40+,41+,42+,43-,44-/m1/s1. The van der Waals surface area contributed by atoms with Crippen LogP contribution < -0.4 is 0 Å². The lowest BCUT2D eigenvalue weighted by Crippen LogP contribution is -2.53. The van der Waals surface area contributed by atoms with Crippen molar-refractivity contribution in [3.8, 4) is 11.8 Å². The Balaban J connectivity index is 1.60. The summed E-state index contributed by atoms with van der Waals surface area (Å²) in [5.41, 5.74) is 1.77. The number of rotatable bonds is 19. The highest BCUT2D eigenvalue weighted by Gasteiger charge is 2.46. The highest BCUT2D eigenvalue weighted by atomic mass is 28.4. The lowest BCUT2D eigenvalue weighted by molar-refractivity contribution is -0.319. The predicted octanol–water partition coefficient (Wildman–Crippen LogP) is 9.21. The highest BCUT2D eigenvalue weighted by molar-refractivity contribution is 6.74. The molecule has 2 saturated heterocycles. The summed E-state index contributed by atoms with van der Waals surface area (Å²) in [4.78, 5) is 27.7. The van der Waals surface area contributed by atoms with Gasteiger partial charge in [-0.25, -0.2) is 9.69 Å². The van der Waals surface area contributed by atoms with E-state index in [0.717, 1.165) is 28.9 Å². The van der Waals surface area contributed by atoms with Crippen molar-refractivity contribution in [3.63, 3.8) is 0 Å². The van der Waals surface area contributed by atoms with Gasteiger partial charge < -0.3 is 38.0 Å². The number of methoxy groups -OCH3 is 1. The molecule has 2 aliphatic rings. The van der Waals surface area contributed by atoms with E-state index in [2.05, 4.69) is 66.5 Å². The van der Waals surface area contributed by atoms with Gasteiger partial charge in [-0.15, -0.1) is 0 Å². The fraction of sp³-hybridized carbons (Fsp3) is 0.625. The summed E-state index contributed by atoms with van der Waals surface area (Å²) < 4.78 is 43.3. The Morgan fingerprint density at radius 1 is 1.03 bits per heavy atom. The van der Waals surface area contributed by atoms with E-state index in [-0.39, 0.29) is 48.6 Å². The van der Waals surface area contributed by atoms with Gasteiger partial charge in [0, 0.05) is 25.4 Å². The summed E-state index contributed by atoms with van der Waals surface area (Å²) in [5.74, 6) is 4.11. The number of imide groups is 1. The van der Waals surface area contributed by atoms with Gasteiger partial charge >= 0.3 is 6.09 Å². The molecule has 2 amide bonds. The van der Waals surface area contributed by atoms with Gasteiger partial charge in [0.05, 0.1) is 36.9 Å². The van der Waals surface area contributed by atoms with Gasteiger partial charge in [0.2, 0.25) is 5.91 Å². The van der Waals surface area contributed by atoms with Gasteiger partial charge in [-0.3, -0.25) is 4.79 Å². The zero-order valence-electron chi connectivity index (χ0n) is 38.0. The van der Waals surface area contributed by atoms with E-state index in [0.29, 0.717) is 13.0 Å². The summed E-state index contributed by atoms with van der Waals surface area (Å²) in [5, 5.41) is 11.4. The van der Waals surface area contributed by atoms with Crippen LogP contribution in [0.15, 0.2) is 72.8 Å². The quantitative estimate of drug-likeness (QED) is 0.0634. The number of aliphatic hydroxyl groups excluding tert-OH is 1. The Kier molecular flexibility index (Phi) is 18.2. The molecule has 12 heteroatoms. The van der Waals surface area contributed by atoms with Crippen molar-refractivity contribution < 1.29 is 47.5 Å². The molecule has 0 saturated carbocycles. The van der Waals surface area contributed by atoms with Crippen molar-refractivity contribution in [1.29, 1.82) is 0 Å². The van der Waals surface area contributed by atoms with Gasteiger partial charge in [-0.05, 0) is 49.5 Å². The summed E-state index contributed by atoms with van der Waals surface area (Å²) in [6.45, 7) is 23.4. The lowest BCUT2D eigenvalue weighted by atomic mass is 9.84. The van der Waals surface area contributed by atoms with Crippen molar-refractivity contribution in [1.82, 2.24) is 4.90 Å². The second-order valence-electron chi connectivity index (χ2n) is 18.3. The van der Waals surface area contributed by atoms with Gasteiger partial charge in [-0.2, -0.15) is 0 Å². The monoisotopic (exact) mass is 849 g/mol. The maximum atomic E-state index is 13.8. The van der Waals surface area contributed by atoms with Crippen LogP contribution in [0.3, 0.4) is 0 Å². The molecule has 0 spiro atoms. The smallest absolute Gasteiger partial charge is 0.417 e. The first kappa shape index (κ1) is 49.3. The molecule has 0 bridgehead atoms. The maximum absolute atomic E-state index is 13.8. The second-order valence-corrected chi connectivity index (χ2v) is 23.0. The van der Waals surface area contributed by atoms with Crippen LogP contribution in [0.1, 0.15) is 98.7 Å². The number of ether oxygens (including phenoxy) is 6. The molecule has 0 radical (unpaired) electrons. The first-order valence-electron chi connectivity index (χ1n) is 21.5. The van der Waals surface area contributed by atoms with E-state index in [1.165, 1.54) is 0 Å². The Hall–Kier alpha value is -3.38. The Labute approximate surface area is 360 Å². The van der Waals surface area contributed by atoms with Gasteiger partial charge in [0.25, 0.3) is 0 Å². The summed E-state index contributed by atoms with van der Waals surface area (Å²) >= 11 is 0. The average molecular weight is 850 g/mol. The van der Waals surface area contributed by atoms with E-state index in [4.69, 9.17) is 32.8 Å². The van der Waals surface area contributed by atoms with Crippen LogP contribution in [0.4, 0.5) is 4.79 Å². The normalized spacial score (nSPS) is 23.9. The molecule has 1 N–H and O–H groups in total. The molecule has 2 heterocycles. The van der Waals surface area contributed by atoms with E-state index >= 15 is 0 Å². The number of hydrogen-bond acceptors (Lipinski definition) is 10. The van der Waals surface area contributed by atoms with Crippen molar-refractivity contribution in [2.75, 3.05) is 20.5 Å². The van der Waals surface area contributed by atoms with Crippen molar-refractivity contribution >= 4 is 20.3 Å². The van der Waals surface area contributed by atoms with Crippen LogP contribution in [-0.2, 0) is 44.2 Å². The van der Waals surface area contributed by atoms with E-state index in [1.54, 1.807) is 26.2 Å². The maximum Gasteiger partial charge on any atom is 0.417 e. The molecule has 60 heavy (non-hydrogen) atoms. The second kappa shape index (κ2) is 22.1. The number of cyclic esters (lactones) is 1. The van der Waals surface area contributed by atoms with Crippen LogP contribution in [0.25, 0.3) is 0 Å². The largest absolute Gasteiger partial charge is 0.446 e. The van der Waals surface area contributed by atoms with Crippen molar-refractivity contribution in [2.24, 2.45) is 17.8 Å². The zero-order valence-corrected chi connectivity index (χ0v) is 39.0. The molecular weight excluding hydrogens is 779 g/mol. The van der Waals surface area contributed by atoms with Gasteiger partial charge in [0.1, 0.15) is 31.6 Å². The molecule has 11 nitrogen and oxygen atoms in total.